The van der Waals surface area contributed by atoms with Crippen LogP contribution in [0.1, 0.15) is 13.8 Å². The van der Waals surface area contributed by atoms with Crippen LogP contribution in [0, 0.1) is 0 Å². The monoisotopic (exact) mass is 250 g/mol. The number of amides is 1. The molecule has 0 unspecified atom stereocenters. The van der Waals surface area contributed by atoms with Gasteiger partial charge in [-0.2, -0.15) is 0 Å². The molecule has 0 aliphatic heterocycles. The van der Waals surface area contributed by atoms with Crippen LogP contribution < -0.4 is 10.2 Å². The number of anilines is 2. The van der Waals surface area contributed by atoms with Crippen molar-refractivity contribution >= 4 is 17.3 Å². The van der Waals surface area contributed by atoms with Crippen molar-refractivity contribution in [2.45, 2.75) is 13.8 Å². The molecule has 0 radical (unpaired) electrons. The van der Waals surface area contributed by atoms with E-state index >= 15 is 0 Å². The molecule has 18 heavy (non-hydrogen) atoms. The normalized spacial score (nSPS) is 10.0. The first kappa shape index (κ1) is 14.3. The maximum Gasteiger partial charge on any atom is 0.242 e. The molecule has 1 rings (SSSR count). The van der Waals surface area contributed by atoms with E-state index in [1.54, 1.807) is 12.4 Å². The minimum atomic E-state index is 0.136. The third-order valence-electron chi connectivity index (χ3n) is 2.94. The number of nitrogens with one attached hydrogen (secondary N) is 1. The van der Waals surface area contributed by atoms with Crippen LogP contribution in [0.2, 0.25) is 0 Å². The van der Waals surface area contributed by atoms with Crippen molar-refractivity contribution < 1.29 is 4.79 Å². The molecule has 1 aromatic rings. The summed E-state index contributed by atoms with van der Waals surface area (Å²) < 4.78 is 0. The summed E-state index contributed by atoms with van der Waals surface area (Å²) in [5, 5.41) is 3.04. The molecule has 1 N–H and O–H groups in total. The van der Waals surface area contributed by atoms with Gasteiger partial charge in [-0.05, 0) is 19.9 Å². The summed E-state index contributed by atoms with van der Waals surface area (Å²) in [6.45, 7) is 5.85. The van der Waals surface area contributed by atoms with E-state index in [1.807, 2.05) is 43.8 Å². The molecule has 5 nitrogen and oxygen atoms in total. The Hall–Kier alpha value is -1.78. The molecule has 0 spiro atoms. The predicted molar refractivity (Wildman–Crippen MR) is 75.0 cm³/mol. The van der Waals surface area contributed by atoms with Crippen molar-refractivity contribution in [3.8, 4) is 0 Å². The maximum atomic E-state index is 12.0. The van der Waals surface area contributed by atoms with Crippen molar-refractivity contribution in [1.82, 2.24) is 9.88 Å². The fraction of sp³-hybridized carbons (Fsp3) is 0.538. The Bertz CT molecular complexity index is 390. The van der Waals surface area contributed by atoms with Gasteiger partial charge in [-0.1, -0.05) is 0 Å². The third-order valence-corrected chi connectivity index (χ3v) is 2.94. The third kappa shape index (κ3) is 3.61. The zero-order chi connectivity index (χ0) is 13.5. The molecular weight excluding hydrogens is 228 g/mol. The molecule has 0 fully saturated rings. The van der Waals surface area contributed by atoms with Gasteiger partial charge in [0.1, 0.15) is 0 Å². The van der Waals surface area contributed by atoms with Crippen LogP contribution >= 0.6 is 0 Å². The van der Waals surface area contributed by atoms with Gasteiger partial charge < -0.3 is 15.1 Å². The molecule has 1 heterocycles. The number of hydrogen-bond donors (Lipinski definition) is 1. The van der Waals surface area contributed by atoms with Gasteiger partial charge in [0.05, 0.1) is 30.3 Å². The van der Waals surface area contributed by atoms with Gasteiger partial charge in [-0.25, -0.2) is 0 Å². The van der Waals surface area contributed by atoms with Crippen LogP contribution in [-0.2, 0) is 4.79 Å². The first-order chi connectivity index (χ1) is 8.62. The zero-order valence-electron chi connectivity index (χ0n) is 11.6. The number of likely N-dealkylation sites (N-methyl/N-ethyl adjacent to an activating group) is 2. The predicted octanol–water partition coefficient (Wildman–Crippen LogP) is 1.43. The number of carbonyl (C=O) groups is 1. The number of aromatic nitrogens is 1. The standard InChI is InChI=1S/C13H22N4O/c1-5-17(6-2)13(18)10-16(4)12-7-11(14-3)8-15-9-12/h7-9,14H,5-6,10H2,1-4H3. The zero-order valence-corrected chi connectivity index (χ0v) is 11.6. The Balaban J connectivity index is 2.69. The van der Waals surface area contributed by atoms with E-state index in [0.717, 1.165) is 24.5 Å². The van der Waals surface area contributed by atoms with E-state index < -0.39 is 0 Å². The second-order valence-electron chi connectivity index (χ2n) is 4.10. The number of hydrogen-bond acceptors (Lipinski definition) is 4. The molecule has 0 bridgehead atoms. The molecule has 0 aliphatic carbocycles. The fourth-order valence-corrected chi connectivity index (χ4v) is 1.74. The van der Waals surface area contributed by atoms with Crippen LogP contribution in [0.5, 0.6) is 0 Å². The van der Waals surface area contributed by atoms with Gasteiger partial charge in [-0.15, -0.1) is 0 Å². The van der Waals surface area contributed by atoms with Gasteiger partial charge >= 0.3 is 0 Å². The number of rotatable bonds is 6. The average molecular weight is 250 g/mol. The topological polar surface area (TPSA) is 48.5 Å². The van der Waals surface area contributed by atoms with E-state index in [1.165, 1.54) is 0 Å². The van der Waals surface area contributed by atoms with E-state index in [-0.39, 0.29) is 5.91 Å². The van der Waals surface area contributed by atoms with E-state index in [9.17, 15) is 4.79 Å². The van der Waals surface area contributed by atoms with E-state index in [0.29, 0.717) is 6.54 Å². The Morgan fingerprint density at radius 3 is 2.56 bits per heavy atom. The lowest BCUT2D eigenvalue weighted by Gasteiger charge is -2.24. The Morgan fingerprint density at radius 1 is 1.33 bits per heavy atom. The summed E-state index contributed by atoms with van der Waals surface area (Å²) in [5.74, 6) is 0.136. The van der Waals surface area contributed by atoms with E-state index in [2.05, 4.69) is 10.3 Å². The molecular formula is C13H22N4O. The number of nitrogens with zero attached hydrogens (tertiary/aromatic N) is 3. The van der Waals surface area contributed by atoms with E-state index in [4.69, 9.17) is 0 Å². The summed E-state index contributed by atoms with van der Waals surface area (Å²) in [6, 6.07) is 1.97. The molecule has 0 aliphatic rings. The smallest absolute Gasteiger partial charge is 0.242 e. The summed E-state index contributed by atoms with van der Waals surface area (Å²) in [7, 11) is 3.75. The van der Waals surface area contributed by atoms with Crippen LogP contribution in [0.3, 0.4) is 0 Å². The Morgan fingerprint density at radius 2 is 2.00 bits per heavy atom. The minimum Gasteiger partial charge on any atom is -0.387 e. The lowest BCUT2D eigenvalue weighted by Crippen LogP contribution is -2.38. The van der Waals surface area contributed by atoms with Gasteiger partial charge in [0.2, 0.25) is 5.91 Å². The van der Waals surface area contributed by atoms with Crippen molar-refractivity contribution in [1.29, 1.82) is 0 Å². The van der Waals surface area contributed by atoms with Crippen molar-refractivity contribution in [2.75, 3.05) is 43.9 Å². The van der Waals surface area contributed by atoms with Gasteiger partial charge in [-0.3, -0.25) is 9.78 Å². The molecule has 0 aromatic carbocycles. The first-order valence-corrected chi connectivity index (χ1v) is 6.24. The molecule has 1 amide bonds. The summed E-state index contributed by atoms with van der Waals surface area (Å²) in [4.78, 5) is 19.9. The lowest BCUT2D eigenvalue weighted by molar-refractivity contribution is -0.129. The molecule has 0 saturated heterocycles. The lowest BCUT2D eigenvalue weighted by atomic mass is 10.3. The highest BCUT2D eigenvalue weighted by molar-refractivity contribution is 5.81. The summed E-state index contributed by atoms with van der Waals surface area (Å²) >= 11 is 0. The van der Waals surface area contributed by atoms with Gasteiger partial charge in [0, 0.05) is 27.2 Å². The second-order valence-corrected chi connectivity index (χ2v) is 4.10. The van der Waals surface area contributed by atoms with Crippen molar-refractivity contribution in [3.63, 3.8) is 0 Å². The first-order valence-electron chi connectivity index (χ1n) is 6.24. The number of carbonyl (C=O) groups excluding carboxylic acids is 1. The molecule has 1 aromatic heterocycles. The summed E-state index contributed by atoms with van der Waals surface area (Å²) in [5.41, 5.74) is 1.87. The quantitative estimate of drug-likeness (QED) is 0.829. The Labute approximate surface area is 109 Å². The van der Waals surface area contributed by atoms with Gasteiger partial charge in [0.15, 0.2) is 0 Å². The van der Waals surface area contributed by atoms with Crippen LogP contribution in [-0.4, -0.2) is 49.5 Å². The molecule has 100 valence electrons. The maximum absolute atomic E-state index is 12.0. The highest BCUT2D eigenvalue weighted by Gasteiger charge is 2.13. The SMILES string of the molecule is CCN(CC)C(=O)CN(C)c1cncc(NC)c1. The highest BCUT2D eigenvalue weighted by atomic mass is 16.2. The largest absolute Gasteiger partial charge is 0.387 e. The van der Waals surface area contributed by atoms with Crippen molar-refractivity contribution in [2.24, 2.45) is 0 Å². The summed E-state index contributed by atoms with van der Waals surface area (Å²) in [6.07, 6.45) is 3.51. The molecule has 5 heteroatoms. The van der Waals surface area contributed by atoms with Crippen molar-refractivity contribution in [3.05, 3.63) is 18.5 Å². The Kier molecular flexibility index (Phi) is 5.42. The van der Waals surface area contributed by atoms with Gasteiger partial charge in [0.25, 0.3) is 0 Å². The number of pyridine rings is 1. The molecule has 0 saturated carbocycles. The fourth-order valence-electron chi connectivity index (χ4n) is 1.74. The second kappa shape index (κ2) is 6.83. The van der Waals surface area contributed by atoms with Crippen LogP contribution in [0.4, 0.5) is 11.4 Å². The minimum absolute atomic E-state index is 0.136. The molecule has 0 atom stereocenters. The highest BCUT2D eigenvalue weighted by Crippen LogP contribution is 2.15. The average Bonchev–Trinajstić information content (AvgIpc) is 2.40. The van der Waals surface area contributed by atoms with Crippen LogP contribution in [0.25, 0.3) is 0 Å². The van der Waals surface area contributed by atoms with Crippen LogP contribution in [0.15, 0.2) is 18.5 Å².